The summed E-state index contributed by atoms with van der Waals surface area (Å²) < 4.78 is 1.93. The van der Waals surface area contributed by atoms with Gasteiger partial charge in [-0.25, -0.2) is 4.68 Å². The number of anilines is 1. The van der Waals surface area contributed by atoms with Crippen LogP contribution in [0, 0.1) is 12.8 Å². The third kappa shape index (κ3) is 2.66. The zero-order valence-corrected chi connectivity index (χ0v) is 11.9. The summed E-state index contributed by atoms with van der Waals surface area (Å²) in [4.78, 5) is 0. The quantitative estimate of drug-likeness (QED) is 0.871. The molecule has 2 aromatic rings. The average molecular weight is 271 g/mol. The molecular formula is C15H21N5. The summed E-state index contributed by atoms with van der Waals surface area (Å²) in [6, 6.07) is 6.01. The van der Waals surface area contributed by atoms with E-state index < -0.39 is 0 Å². The Hall–Kier alpha value is -1.91. The zero-order chi connectivity index (χ0) is 13.9. The van der Waals surface area contributed by atoms with Gasteiger partial charge in [0.25, 0.3) is 0 Å². The summed E-state index contributed by atoms with van der Waals surface area (Å²) in [6.07, 6.45) is 6.61. The van der Waals surface area contributed by atoms with E-state index in [0.717, 1.165) is 29.2 Å². The van der Waals surface area contributed by atoms with Crippen LogP contribution in [0.3, 0.4) is 0 Å². The Morgan fingerprint density at radius 3 is 2.80 bits per heavy atom. The lowest BCUT2D eigenvalue weighted by Crippen LogP contribution is -2.16. The monoisotopic (exact) mass is 271 g/mol. The second-order valence-electron chi connectivity index (χ2n) is 5.76. The van der Waals surface area contributed by atoms with Gasteiger partial charge in [0.2, 0.25) is 0 Å². The van der Waals surface area contributed by atoms with Crippen LogP contribution < -0.4 is 5.73 Å². The van der Waals surface area contributed by atoms with Gasteiger partial charge in [-0.05, 0) is 47.7 Å². The highest BCUT2D eigenvalue weighted by Gasteiger charge is 2.17. The van der Waals surface area contributed by atoms with Crippen molar-refractivity contribution in [2.24, 2.45) is 5.92 Å². The Balaban J connectivity index is 1.83. The van der Waals surface area contributed by atoms with Crippen molar-refractivity contribution in [2.45, 2.75) is 45.6 Å². The first-order chi connectivity index (χ1) is 9.74. The SMILES string of the molecule is Cc1ccc(-c2nnnn2CC2CCCCC2)cc1N. The van der Waals surface area contributed by atoms with Crippen LogP contribution in [0.5, 0.6) is 0 Å². The predicted octanol–water partition coefficient (Wildman–Crippen LogP) is 2.81. The fourth-order valence-corrected chi connectivity index (χ4v) is 2.93. The zero-order valence-electron chi connectivity index (χ0n) is 11.9. The van der Waals surface area contributed by atoms with Crippen molar-refractivity contribution < 1.29 is 0 Å². The van der Waals surface area contributed by atoms with Crippen molar-refractivity contribution >= 4 is 5.69 Å². The normalized spacial score (nSPS) is 16.4. The number of hydrogen-bond acceptors (Lipinski definition) is 4. The number of tetrazole rings is 1. The van der Waals surface area contributed by atoms with Crippen molar-refractivity contribution in [3.63, 3.8) is 0 Å². The molecule has 1 saturated carbocycles. The van der Waals surface area contributed by atoms with Crippen molar-refractivity contribution in [1.29, 1.82) is 0 Å². The van der Waals surface area contributed by atoms with Gasteiger partial charge in [0, 0.05) is 17.8 Å². The fraction of sp³-hybridized carbons (Fsp3) is 0.533. The Bertz CT molecular complexity index is 584. The summed E-state index contributed by atoms with van der Waals surface area (Å²) >= 11 is 0. The van der Waals surface area contributed by atoms with Crippen LogP contribution >= 0.6 is 0 Å². The maximum absolute atomic E-state index is 5.98. The van der Waals surface area contributed by atoms with E-state index in [1.54, 1.807) is 0 Å². The van der Waals surface area contributed by atoms with E-state index >= 15 is 0 Å². The largest absolute Gasteiger partial charge is 0.398 e. The molecule has 0 bridgehead atoms. The van der Waals surface area contributed by atoms with Crippen LogP contribution in [-0.2, 0) is 6.54 Å². The first-order valence-corrected chi connectivity index (χ1v) is 7.36. The van der Waals surface area contributed by atoms with Crippen LogP contribution in [0.1, 0.15) is 37.7 Å². The fourth-order valence-electron chi connectivity index (χ4n) is 2.93. The van der Waals surface area contributed by atoms with E-state index in [0.29, 0.717) is 5.92 Å². The maximum atomic E-state index is 5.98. The van der Waals surface area contributed by atoms with Crippen LogP contribution in [0.25, 0.3) is 11.4 Å². The van der Waals surface area contributed by atoms with Gasteiger partial charge in [0.15, 0.2) is 5.82 Å². The van der Waals surface area contributed by atoms with Gasteiger partial charge in [-0.15, -0.1) is 5.10 Å². The van der Waals surface area contributed by atoms with Crippen LogP contribution in [0.2, 0.25) is 0 Å². The molecule has 0 radical (unpaired) electrons. The summed E-state index contributed by atoms with van der Waals surface area (Å²) in [5, 5.41) is 12.2. The molecule has 106 valence electrons. The third-order valence-electron chi connectivity index (χ3n) is 4.23. The standard InChI is InChI=1S/C15H21N5/c1-11-7-8-13(9-14(11)16)15-17-18-19-20(15)10-12-5-3-2-4-6-12/h7-9,12H,2-6,10,16H2,1H3. The molecule has 2 N–H and O–H groups in total. The minimum absolute atomic E-state index is 0.703. The summed E-state index contributed by atoms with van der Waals surface area (Å²) in [6.45, 7) is 2.92. The number of aryl methyl sites for hydroxylation is 1. The Kier molecular flexibility index (Phi) is 3.67. The lowest BCUT2D eigenvalue weighted by atomic mass is 9.89. The third-order valence-corrected chi connectivity index (χ3v) is 4.23. The van der Waals surface area contributed by atoms with Gasteiger partial charge in [0.1, 0.15) is 0 Å². The number of nitrogens with two attached hydrogens (primary N) is 1. The van der Waals surface area contributed by atoms with Gasteiger partial charge < -0.3 is 5.73 Å². The van der Waals surface area contributed by atoms with Crippen LogP contribution in [-0.4, -0.2) is 20.2 Å². The topological polar surface area (TPSA) is 69.6 Å². The number of benzene rings is 1. The highest BCUT2D eigenvalue weighted by atomic mass is 15.5. The van der Waals surface area contributed by atoms with Gasteiger partial charge >= 0.3 is 0 Å². The highest BCUT2D eigenvalue weighted by Crippen LogP contribution is 2.27. The van der Waals surface area contributed by atoms with Crippen molar-refractivity contribution in [2.75, 3.05) is 5.73 Å². The molecule has 1 heterocycles. The smallest absolute Gasteiger partial charge is 0.182 e. The van der Waals surface area contributed by atoms with Gasteiger partial charge in [0.05, 0.1) is 0 Å². The van der Waals surface area contributed by atoms with Gasteiger partial charge in [-0.1, -0.05) is 31.4 Å². The first kappa shape index (κ1) is 13.1. The van der Waals surface area contributed by atoms with Gasteiger partial charge in [-0.3, -0.25) is 0 Å². The molecule has 3 rings (SSSR count). The molecule has 1 aliphatic rings. The van der Waals surface area contributed by atoms with Gasteiger partial charge in [-0.2, -0.15) is 0 Å². The molecule has 1 aromatic heterocycles. The molecule has 0 atom stereocenters. The van der Waals surface area contributed by atoms with E-state index in [4.69, 9.17) is 5.73 Å². The average Bonchev–Trinajstić information content (AvgIpc) is 2.91. The minimum Gasteiger partial charge on any atom is -0.398 e. The number of aromatic nitrogens is 4. The first-order valence-electron chi connectivity index (χ1n) is 7.36. The number of nitrogen functional groups attached to an aromatic ring is 1. The lowest BCUT2D eigenvalue weighted by molar-refractivity contribution is 0.307. The number of nitrogens with zero attached hydrogens (tertiary/aromatic N) is 4. The van der Waals surface area contributed by atoms with Crippen LogP contribution in [0.15, 0.2) is 18.2 Å². The number of rotatable bonds is 3. The lowest BCUT2D eigenvalue weighted by Gasteiger charge is -2.21. The molecule has 0 spiro atoms. The minimum atomic E-state index is 0.703. The van der Waals surface area contributed by atoms with Crippen molar-refractivity contribution in [1.82, 2.24) is 20.2 Å². The molecule has 1 aromatic carbocycles. The Morgan fingerprint density at radius 2 is 2.05 bits per heavy atom. The molecule has 0 amide bonds. The molecule has 1 aliphatic carbocycles. The molecule has 0 saturated heterocycles. The highest BCUT2D eigenvalue weighted by molar-refractivity contribution is 5.63. The summed E-state index contributed by atoms with van der Waals surface area (Å²) in [7, 11) is 0. The number of hydrogen-bond donors (Lipinski definition) is 1. The molecule has 0 aliphatic heterocycles. The molecular weight excluding hydrogens is 250 g/mol. The van der Waals surface area contributed by atoms with Crippen molar-refractivity contribution in [3.05, 3.63) is 23.8 Å². The molecule has 5 nitrogen and oxygen atoms in total. The van der Waals surface area contributed by atoms with Crippen molar-refractivity contribution in [3.8, 4) is 11.4 Å². The summed E-state index contributed by atoms with van der Waals surface area (Å²) in [5.74, 6) is 1.52. The van der Waals surface area contributed by atoms with E-state index in [-0.39, 0.29) is 0 Å². The predicted molar refractivity (Wildman–Crippen MR) is 79.0 cm³/mol. The second kappa shape index (κ2) is 5.61. The summed E-state index contributed by atoms with van der Waals surface area (Å²) in [5.41, 5.74) is 8.85. The van der Waals surface area contributed by atoms with E-state index in [1.165, 1.54) is 32.1 Å². The molecule has 5 heteroatoms. The van der Waals surface area contributed by atoms with E-state index in [1.807, 2.05) is 29.8 Å². The molecule has 0 unspecified atom stereocenters. The molecule has 20 heavy (non-hydrogen) atoms. The van der Waals surface area contributed by atoms with Crippen LogP contribution in [0.4, 0.5) is 5.69 Å². The van der Waals surface area contributed by atoms with E-state index in [9.17, 15) is 0 Å². The maximum Gasteiger partial charge on any atom is 0.182 e. The van der Waals surface area contributed by atoms with E-state index in [2.05, 4.69) is 15.5 Å². The molecule has 1 fully saturated rings. The Morgan fingerprint density at radius 1 is 1.25 bits per heavy atom. The Labute approximate surface area is 119 Å². The second-order valence-corrected chi connectivity index (χ2v) is 5.76.